The van der Waals surface area contributed by atoms with Gasteiger partial charge in [-0.1, -0.05) is 18.2 Å². The normalized spacial score (nSPS) is 18.2. The molecular formula is C25H31F3N6OS. The summed E-state index contributed by atoms with van der Waals surface area (Å²) in [4.78, 5) is 15.8. The zero-order valence-corrected chi connectivity index (χ0v) is 21.5. The minimum absolute atomic E-state index is 0.0144. The van der Waals surface area contributed by atoms with Crippen LogP contribution in [-0.4, -0.2) is 58.6 Å². The van der Waals surface area contributed by atoms with Crippen LogP contribution in [0.15, 0.2) is 24.3 Å². The van der Waals surface area contributed by atoms with E-state index in [1.54, 1.807) is 6.92 Å². The maximum atomic E-state index is 14.6. The van der Waals surface area contributed by atoms with E-state index >= 15 is 0 Å². The number of anilines is 1. The molecular weight excluding hydrogens is 489 g/mol. The summed E-state index contributed by atoms with van der Waals surface area (Å²) in [5, 5.41) is 3.78. The molecule has 0 bridgehead atoms. The summed E-state index contributed by atoms with van der Waals surface area (Å²) in [5.41, 5.74) is 0.918. The Balaban J connectivity index is 1.70. The van der Waals surface area contributed by atoms with Crippen LogP contribution in [0.3, 0.4) is 0 Å². The second kappa shape index (κ2) is 11.5. The Morgan fingerprint density at radius 1 is 1.19 bits per heavy atom. The number of pyridine rings is 1. The number of aromatic nitrogens is 3. The van der Waals surface area contributed by atoms with Gasteiger partial charge in [0.25, 0.3) is 6.43 Å². The molecule has 194 valence electrons. The van der Waals surface area contributed by atoms with E-state index in [0.717, 1.165) is 42.5 Å². The third kappa shape index (κ3) is 6.12. The standard InChI is InChI=1S/C25H31F3N6OS/c1-15-31-23(30-14-17-5-4-6-18(21(17)26)22(27)28)20-13-19(16-7-11-36(29)12-8-16)25(33-24(20)32-15)35-10-9-34(2)3/h4-6,13,16,22,29H,7-12,14H2,1-3H3,(H,30,31,32,33). The van der Waals surface area contributed by atoms with Gasteiger partial charge < -0.3 is 15.0 Å². The van der Waals surface area contributed by atoms with Gasteiger partial charge in [-0.15, -0.1) is 10.7 Å². The summed E-state index contributed by atoms with van der Waals surface area (Å²) >= 11 is 0. The molecule has 0 amide bonds. The summed E-state index contributed by atoms with van der Waals surface area (Å²) in [6.45, 7) is 2.93. The van der Waals surface area contributed by atoms with Gasteiger partial charge in [-0.05, 0) is 45.8 Å². The smallest absolute Gasteiger partial charge is 0.266 e. The van der Waals surface area contributed by atoms with Gasteiger partial charge in [0.1, 0.15) is 24.1 Å². The predicted octanol–water partition coefficient (Wildman–Crippen LogP) is 5.22. The third-order valence-corrected chi connectivity index (χ3v) is 7.68. The summed E-state index contributed by atoms with van der Waals surface area (Å²) in [6, 6.07) is 5.98. The first-order chi connectivity index (χ1) is 17.2. The van der Waals surface area contributed by atoms with Crippen molar-refractivity contribution >= 4 is 27.5 Å². The maximum Gasteiger partial charge on any atom is 0.266 e. The topological polar surface area (TPSA) is 87.0 Å². The van der Waals surface area contributed by atoms with Crippen LogP contribution in [0.2, 0.25) is 0 Å². The number of ether oxygens (including phenoxy) is 1. The summed E-state index contributed by atoms with van der Waals surface area (Å²) < 4.78 is 55.0. The van der Waals surface area contributed by atoms with Crippen LogP contribution in [0.25, 0.3) is 11.0 Å². The molecule has 1 aromatic carbocycles. The van der Waals surface area contributed by atoms with E-state index < -0.39 is 17.8 Å². The molecule has 0 unspecified atom stereocenters. The van der Waals surface area contributed by atoms with E-state index in [9.17, 15) is 13.2 Å². The number of fused-ring (bicyclic) bond motifs is 1. The number of aryl methyl sites for hydroxylation is 1. The highest BCUT2D eigenvalue weighted by Gasteiger charge is 2.24. The fourth-order valence-electron chi connectivity index (χ4n) is 4.24. The number of rotatable bonds is 9. The van der Waals surface area contributed by atoms with E-state index in [4.69, 9.17) is 14.5 Å². The third-order valence-electron chi connectivity index (χ3n) is 6.22. The lowest BCUT2D eigenvalue weighted by molar-refractivity contribution is 0.146. The van der Waals surface area contributed by atoms with Crippen LogP contribution in [-0.2, 0) is 17.2 Å². The zero-order valence-electron chi connectivity index (χ0n) is 20.7. The van der Waals surface area contributed by atoms with Gasteiger partial charge in [-0.2, -0.15) is 4.98 Å². The number of halogens is 3. The lowest BCUT2D eigenvalue weighted by atomic mass is 9.93. The lowest BCUT2D eigenvalue weighted by Gasteiger charge is -2.25. The molecule has 0 spiro atoms. The Morgan fingerprint density at radius 2 is 1.94 bits per heavy atom. The molecule has 11 heteroatoms. The Bertz CT molecular complexity index is 1250. The van der Waals surface area contributed by atoms with Crippen molar-refractivity contribution in [3.63, 3.8) is 0 Å². The first kappa shape index (κ1) is 26.3. The summed E-state index contributed by atoms with van der Waals surface area (Å²) in [7, 11) is 3.64. The highest BCUT2D eigenvalue weighted by Crippen LogP contribution is 2.37. The van der Waals surface area contributed by atoms with Gasteiger partial charge in [0.15, 0.2) is 5.65 Å². The monoisotopic (exact) mass is 520 g/mol. The van der Waals surface area contributed by atoms with Gasteiger partial charge >= 0.3 is 0 Å². The van der Waals surface area contributed by atoms with E-state index in [0.29, 0.717) is 35.2 Å². The van der Waals surface area contributed by atoms with Gasteiger partial charge in [-0.3, -0.25) is 4.78 Å². The molecule has 7 nitrogen and oxygen atoms in total. The lowest BCUT2D eigenvalue weighted by Crippen LogP contribution is -2.21. The molecule has 0 aliphatic carbocycles. The molecule has 1 aliphatic rings. The highest BCUT2D eigenvalue weighted by atomic mass is 32.2. The molecule has 0 saturated carbocycles. The maximum absolute atomic E-state index is 14.6. The van der Waals surface area contributed by atoms with E-state index in [2.05, 4.69) is 15.3 Å². The van der Waals surface area contributed by atoms with Crippen LogP contribution in [0.5, 0.6) is 5.88 Å². The fourth-order valence-corrected chi connectivity index (χ4v) is 5.58. The second-order valence-corrected chi connectivity index (χ2v) is 11.0. The molecule has 4 rings (SSSR count). The molecule has 36 heavy (non-hydrogen) atoms. The van der Waals surface area contributed by atoms with Crippen LogP contribution in [0.4, 0.5) is 19.0 Å². The summed E-state index contributed by atoms with van der Waals surface area (Å²) in [6.07, 6.45) is -1.13. The van der Waals surface area contributed by atoms with Gasteiger partial charge in [-0.25, -0.2) is 23.1 Å². The van der Waals surface area contributed by atoms with Crippen molar-refractivity contribution in [2.24, 2.45) is 0 Å². The first-order valence-electron chi connectivity index (χ1n) is 11.9. The fraction of sp³-hybridized carbons (Fsp3) is 0.480. The number of hydrogen-bond acceptors (Lipinski definition) is 7. The van der Waals surface area contributed by atoms with Crippen LogP contribution < -0.4 is 10.1 Å². The molecule has 0 atom stereocenters. The number of likely N-dealkylation sites (N-methyl/N-ethyl adjacent to an activating group) is 1. The van der Waals surface area contributed by atoms with E-state index in [1.807, 2.05) is 25.1 Å². The SMILES string of the molecule is Cc1nc(NCc2cccc(C(F)F)c2F)c2cc(C3CCS(=N)CC3)c(OCCN(C)C)nc2n1. The van der Waals surface area contributed by atoms with Crippen LogP contribution in [0, 0.1) is 17.5 Å². The van der Waals surface area contributed by atoms with Crippen molar-refractivity contribution in [2.45, 2.75) is 38.7 Å². The first-order valence-corrected chi connectivity index (χ1v) is 13.4. The second-order valence-electron chi connectivity index (χ2n) is 9.17. The van der Waals surface area contributed by atoms with E-state index in [-0.39, 0.29) is 28.7 Å². The van der Waals surface area contributed by atoms with Gasteiger partial charge in [0.2, 0.25) is 5.88 Å². The van der Waals surface area contributed by atoms with Crippen molar-refractivity contribution in [1.82, 2.24) is 19.9 Å². The Kier molecular flexibility index (Phi) is 8.40. The molecule has 2 aromatic heterocycles. The largest absolute Gasteiger partial charge is 0.476 e. The molecule has 1 saturated heterocycles. The Hall–Kier alpha value is -2.79. The van der Waals surface area contributed by atoms with Crippen molar-refractivity contribution in [3.8, 4) is 5.88 Å². The molecule has 3 aromatic rings. The zero-order chi connectivity index (χ0) is 25.8. The predicted molar refractivity (Wildman–Crippen MR) is 137 cm³/mol. The van der Waals surface area contributed by atoms with Crippen LogP contribution in [0.1, 0.15) is 47.7 Å². The number of nitrogens with one attached hydrogen (secondary N) is 2. The quantitative estimate of drug-likeness (QED) is 0.402. The minimum Gasteiger partial charge on any atom is -0.476 e. The number of nitrogens with zero attached hydrogens (tertiary/aromatic N) is 4. The molecule has 2 N–H and O–H groups in total. The van der Waals surface area contributed by atoms with Crippen molar-refractivity contribution in [1.29, 1.82) is 4.78 Å². The Morgan fingerprint density at radius 3 is 2.64 bits per heavy atom. The molecule has 1 fully saturated rings. The molecule has 3 heterocycles. The Labute approximate surface area is 211 Å². The summed E-state index contributed by atoms with van der Waals surface area (Å²) in [5.74, 6) is 2.45. The van der Waals surface area contributed by atoms with E-state index in [1.165, 1.54) is 12.1 Å². The number of hydrogen-bond donors (Lipinski definition) is 2. The van der Waals surface area contributed by atoms with Crippen LogP contribution >= 0.6 is 0 Å². The van der Waals surface area contributed by atoms with Crippen molar-refractivity contribution < 1.29 is 17.9 Å². The highest BCUT2D eigenvalue weighted by molar-refractivity contribution is 7.86. The molecule has 1 aliphatic heterocycles. The number of benzene rings is 1. The molecule has 0 radical (unpaired) electrons. The van der Waals surface area contributed by atoms with Crippen molar-refractivity contribution in [3.05, 3.63) is 52.6 Å². The van der Waals surface area contributed by atoms with Crippen molar-refractivity contribution in [2.75, 3.05) is 44.1 Å². The minimum atomic E-state index is -2.89. The van der Waals surface area contributed by atoms with Gasteiger partial charge in [0.05, 0.1) is 10.9 Å². The average Bonchev–Trinajstić information content (AvgIpc) is 2.83. The number of alkyl halides is 2. The van der Waals surface area contributed by atoms with Gasteiger partial charge in [0, 0.05) is 35.7 Å². The average molecular weight is 521 g/mol.